The summed E-state index contributed by atoms with van der Waals surface area (Å²) in [6.45, 7) is 10.3. The van der Waals surface area contributed by atoms with E-state index in [2.05, 4.69) is 54.9 Å². The summed E-state index contributed by atoms with van der Waals surface area (Å²) in [7, 11) is 0. The molecule has 200 valence electrons. The summed E-state index contributed by atoms with van der Waals surface area (Å²) < 4.78 is 0. The Balaban J connectivity index is 1.39. The standard InChI is InChI=1S/C32H39ClN4O/c1-5-24(18-25-10-9-12-27(33)19-25)20-35-31(34)30(6-2)36-16-17-37(22(3)21-36)32(38)29-15-14-26-11-7-8-13-28(26)23(29)4/h6-13,19-20,22,24,34H,5,14-18,21H2,1-4H3/b30-6?,34-31?,35-20-. The molecule has 1 heterocycles. The molecule has 2 unspecified atom stereocenters. The first kappa shape index (κ1) is 27.8. The Labute approximate surface area is 232 Å². The normalized spacial score (nSPS) is 19.1. The zero-order valence-electron chi connectivity index (χ0n) is 23.0. The van der Waals surface area contributed by atoms with Gasteiger partial charge in [-0.2, -0.15) is 0 Å². The van der Waals surface area contributed by atoms with E-state index in [1.165, 1.54) is 16.7 Å². The van der Waals surface area contributed by atoms with Gasteiger partial charge in [0.25, 0.3) is 0 Å². The Kier molecular flexibility index (Phi) is 9.22. The predicted octanol–water partition coefficient (Wildman–Crippen LogP) is 6.81. The molecule has 1 amide bonds. The smallest absolute Gasteiger partial charge is 0.250 e. The molecule has 0 spiro atoms. The summed E-state index contributed by atoms with van der Waals surface area (Å²) in [5.41, 5.74) is 6.58. The van der Waals surface area contributed by atoms with Gasteiger partial charge in [0.15, 0.2) is 5.84 Å². The molecule has 0 saturated carbocycles. The van der Waals surface area contributed by atoms with E-state index in [1.54, 1.807) is 0 Å². The van der Waals surface area contributed by atoms with Crippen molar-refractivity contribution in [2.24, 2.45) is 10.9 Å². The number of amidine groups is 1. The average Bonchev–Trinajstić information content (AvgIpc) is 2.91. The monoisotopic (exact) mass is 530 g/mol. The molecule has 2 aliphatic rings. The number of nitrogens with one attached hydrogen (secondary N) is 1. The fourth-order valence-corrected chi connectivity index (χ4v) is 5.83. The van der Waals surface area contributed by atoms with Crippen molar-refractivity contribution in [3.8, 4) is 0 Å². The number of nitrogens with zero attached hydrogens (tertiary/aromatic N) is 3. The number of halogens is 1. The van der Waals surface area contributed by atoms with Gasteiger partial charge < -0.3 is 9.80 Å². The van der Waals surface area contributed by atoms with Crippen LogP contribution in [0.4, 0.5) is 0 Å². The van der Waals surface area contributed by atoms with Crippen molar-refractivity contribution in [2.75, 3.05) is 19.6 Å². The van der Waals surface area contributed by atoms with Crippen molar-refractivity contribution in [2.45, 2.75) is 59.4 Å². The number of allylic oxidation sites excluding steroid dienone is 2. The molecular weight excluding hydrogens is 492 g/mol. The molecule has 38 heavy (non-hydrogen) atoms. The van der Waals surface area contributed by atoms with Crippen LogP contribution in [0.15, 0.2) is 70.9 Å². The molecule has 2 aromatic rings. The third-order valence-electron chi connectivity index (χ3n) is 7.85. The summed E-state index contributed by atoms with van der Waals surface area (Å²) in [4.78, 5) is 22.4. The number of carbonyl (C=O) groups is 1. The second-order valence-electron chi connectivity index (χ2n) is 10.4. The van der Waals surface area contributed by atoms with E-state index in [9.17, 15) is 4.79 Å². The second kappa shape index (κ2) is 12.6. The highest BCUT2D eigenvalue weighted by atomic mass is 35.5. The zero-order valence-corrected chi connectivity index (χ0v) is 23.8. The summed E-state index contributed by atoms with van der Waals surface area (Å²) >= 11 is 6.15. The van der Waals surface area contributed by atoms with Crippen LogP contribution >= 0.6 is 11.6 Å². The molecule has 4 rings (SSSR count). The number of aliphatic imine (C=N–C) groups is 1. The number of rotatable bonds is 7. The minimum atomic E-state index is 0.0478. The minimum Gasteiger partial charge on any atom is -0.365 e. The molecule has 0 radical (unpaired) electrons. The van der Waals surface area contributed by atoms with Gasteiger partial charge in [-0.1, -0.05) is 61.0 Å². The van der Waals surface area contributed by atoms with Gasteiger partial charge >= 0.3 is 0 Å². The molecule has 1 aliphatic heterocycles. The molecule has 1 N–H and O–H groups in total. The largest absolute Gasteiger partial charge is 0.365 e. The molecular formula is C32H39ClN4O. The van der Waals surface area contributed by atoms with Gasteiger partial charge in [0.1, 0.15) is 0 Å². The average molecular weight is 531 g/mol. The van der Waals surface area contributed by atoms with Gasteiger partial charge in [0, 0.05) is 42.5 Å². The topological polar surface area (TPSA) is 59.8 Å². The molecule has 0 aromatic heterocycles. The van der Waals surface area contributed by atoms with Crippen molar-refractivity contribution < 1.29 is 4.79 Å². The highest BCUT2D eigenvalue weighted by Gasteiger charge is 2.32. The number of hydrogen-bond acceptors (Lipinski definition) is 3. The summed E-state index contributed by atoms with van der Waals surface area (Å²) in [6.07, 6.45) is 7.36. The van der Waals surface area contributed by atoms with Crippen LogP contribution in [0.2, 0.25) is 5.02 Å². The molecule has 5 nitrogen and oxygen atoms in total. The quantitative estimate of drug-likeness (QED) is 0.315. The van der Waals surface area contributed by atoms with E-state index in [0.29, 0.717) is 19.6 Å². The molecule has 6 heteroatoms. The maximum atomic E-state index is 13.6. The van der Waals surface area contributed by atoms with Gasteiger partial charge in [0.05, 0.1) is 5.70 Å². The van der Waals surface area contributed by atoms with Crippen LogP contribution in [0.1, 0.15) is 57.2 Å². The first-order valence-electron chi connectivity index (χ1n) is 13.7. The highest BCUT2D eigenvalue weighted by molar-refractivity contribution is 6.30. The molecule has 2 atom stereocenters. The Bertz CT molecular complexity index is 1280. The van der Waals surface area contributed by atoms with Gasteiger partial charge in [-0.25, -0.2) is 4.99 Å². The summed E-state index contributed by atoms with van der Waals surface area (Å²) in [5.74, 6) is 0.662. The van der Waals surface area contributed by atoms with Crippen molar-refractivity contribution in [3.05, 3.63) is 87.6 Å². The third-order valence-corrected chi connectivity index (χ3v) is 8.08. The van der Waals surface area contributed by atoms with Crippen LogP contribution in [0.5, 0.6) is 0 Å². The van der Waals surface area contributed by atoms with Gasteiger partial charge in [-0.05, 0) is 86.8 Å². The maximum absolute atomic E-state index is 13.6. The fourth-order valence-electron chi connectivity index (χ4n) is 5.62. The number of benzene rings is 2. The highest BCUT2D eigenvalue weighted by Crippen LogP contribution is 2.32. The lowest BCUT2D eigenvalue weighted by atomic mass is 9.85. The van der Waals surface area contributed by atoms with Crippen LogP contribution in [0, 0.1) is 11.3 Å². The Morgan fingerprint density at radius 1 is 1.18 bits per heavy atom. The second-order valence-corrected chi connectivity index (χ2v) is 10.8. The lowest BCUT2D eigenvalue weighted by Crippen LogP contribution is -2.54. The molecule has 0 bridgehead atoms. The van der Waals surface area contributed by atoms with E-state index < -0.39 is 0 Å². The summed E-state index contributed by atoms with van der Waals surface area (Å²) in [6, 6.07) is 16.4. The van der Waals surface area contributed by atoms with Gasteiger partial charge in [0.2, 0.25) is 5.91 Å². The number of aryl methyl sites for hydroxylation is 1. The SMILES string of the molecule is CC=C(C(=N)/N=C\C(CC)Cc1cccc(Cl)c1)N1CCN(C(=O)C2=C(C)c3ccccc3CC2)C(C)C1. The Hall–Kier alpha value is -3.18. The number of carbonyl (C=O) groups excluding carboxylic acids is 1. The van der Waals surface area contributed by atoms with Gasteiger partial charge in [-0.3, -0.25) is 10.2 Å². The van der Waals surface area contributed by atoms with E-state index in [1.807, 2.05) is 48.4 Å². The number of amides is 1. The predicted molar refractivity (Wildman–Crippen MR) is 159 cm³/mol. The third kappa shape index (κ3) is 6.27. The van der Waals surface area contributed by atoms with E-state index in [4.69, 9.17) is 17.0 Å². The van der Waals surface area contributed by atoms with Gasteiger partial charge in [-0.15, -0.1) is 0 Å². The van der Waals surface area contributed by atoms with Crippen molar-refractivity contribution in [1.82, 2.24) is 9.80 Å². The van der Waals surface area contributed by atoms with Crippen LogP contribution in [-0.4, -0.2) is 53.4 Å². The van der Waals surface area contributed by atoms with Crippen LogP contribution in [0.25, 0.3) is 5.57 Å². The summed E-state index contributed by atoms with van der Waals surface area (Å²) in [5, 5.41) is 9.44. The lowest BCUT2D eigenvalue weighted by Gasteiger charge is -2.42. The maximum Gasteiger partial charge on any atom is 0.250 e. The molecule has 1 fully saturated rings. The zero-order chi connectivity index (χ0) is 27.2. The first-order chi connectivity index (χ1) is 18.3. The Morgan fingerprint density at radius 2 is 1.97 bits per heavy atom. The van der Waals surface area contributed by atoms with Crippen molar-refractivity contribution in [1.29, 1.82) is 5.41 Å². The molecule has 2 aromatic carbocycles. The van der Waals surface area contributed by atoms with Crippen LogP contribution in [-0.2, 0) is 17.6 Å². The fraction of sp³-hybridized carbons (Fsp3) is 0.406. The minimum absolute atomic E-state index is 0.0478. The van der Waals surface area contributed by atoms with Crippen molar-refractivity contribution >= 4 is 35.1 Å². The number of fused-ring (bicyclic) bond motifs is 1. The van der Waals surface area contributed by atoms with Crippen LogP contribution < -0.4 is 0 Å². The van der Waals surface area contributed by atoms with Crippen molar-refractivity contribution in [3.63, 3.8) is 0 Å². The number of hydrogen-bond donors (Lipinski definition) is 1. The van der Waals surface area contributed by atoms with E-state index >= 15 is 0 Å². The number of piperazine rings is 1. The van der Waals surface area contributed by atoms with E-state index in [-0.39, 0.29) is 23.7 Å². The molecule has 1 aliphatic carbocycles. The first-order valence-corrected chi connectivity index (χ1v) is 14.1. The lowest BCUT2D eigenvalue weighted by molar-refractivity contribution is -0.131. The Morgan fingerprint density at radius 3 is 2.68 bits per heavy atom. The van der Waals surface area contributed by atoms with Crippen LogP contribution in [0.3, 0.4) is 0 Å². The molecule has 1 saturated heterocycles. The van der Waals surface area contributed by atoms with E-state index in [0.717, 1.165) is 47.5 Å².